The van der Waals surface area contributed by atoms with E-state index >= 15 is 0 Å². The van der Waals surface area contributed by atoms with Crippen LogP contribution in [0, 0.1) is 43.0 Å². The number of hydrogen-bond donors (Lipinski definition) is 2. The second-order valence-corrected chi connectivity index (χ2v) is 3.06. The minimum atomic E-state index is -4.39. The molecule has 0 aromatic heterocycles. The maximum absolute atomic E-state index is 10.3. The van der Waals surface area contributed by atoms with Crippen molar-refractivity contribution in [1.29, 1.82) is 0 Å². The monoisotopic (exact) mass is 328 g/mol. The number of phosphoric acid groups is 1. The van der Waals surface area contributed by atoms with Crippen molar-refractivity contribution < 1.29 is 54.5 Å². The molecule has 0 unspecified atom stereocenters. The van der Waals surface area contributed by atoms with Crippen molar-refractivity contribution in [3.8, 4) is 5.75 Å². The van der Waals surface area contributed by atoms with Crippen molar-refractivity contribution in [3.63, 3.8) is 0 Å². The SMILES string of the molecule is O=P(O)(O)Oc1ccccc1.[CH3-].[La]. The molecule has 0 spiro atoms. The van der Waals surface area contributed by atoms with E-state index in [0.717, 1.165) is 0 Å². The summed E-state index contributed by atoms with van der Waals surface area (Å²) >= 11 is 0. The largest absolute Gasteiger partial charge is 0.524 e. The van der Waals surface area contributed by atoms with Crippen LogP contribution in [0.1, 0.15) is 0 Å². The molecule has 71 valence electrons. The Labute approximate surface area is 105 Å². The molecule has 0 aliphatic rings. The zero-order valence-corrected chi connectivity index (χ0v) is 11.6. The summed E-state index contributed by atoms with van der Waals surface area (Å²) in [6.45, 7) is 0. The molecule has 0 heterocycles. The molecule has 0 aliphatic carbocycles. The van der Waals surface area contributed by atoms with Gasteiger partial charge in [0.05, 0.1) is 0 Å². The topological polar surface area (TPSA) is 66.8 Å². The third kappa shape index (κ3) is 7.44. The van der Waals surface area contributed by atoms with Crippen LogP contribution in [0.3, 0.4) is 0 Å². The Hall–Kier alpha value is 0.365. The van der Waals surface area contributed by atoms with Gasteiger partial charge in [0.1, 0.15) is 5.75 Å². The summed E-state index contributed by atoms with van der Waals surface area (Å²) < 4.78 is 14.5. The first-order valence-corrected chi connectivity index (χ1v) is 4.41. The molecule has 0 amide bonds. The van der Waals surface area contributed by atoms with E-state index in [4.69, 9.17) is 9.79 Å². The van der Waals surface area contributed by atoms with Gasteiger partial charge in [-0.2, -0.15) is 0 Å². The first-order chi connectivity index (χ1) is 5.08. The van der Waals surface area contributed by atoms with Gasteiger partial charge in [0.2, 0.25) is 0 Å². The summed E-state index contributed by atoms with van der Waals surface area (Å²) in [4.78, 5) is 16.7. The zero-order valence-electron chi connectivity index (χ0n) is 7.12. The molecule has 2 N–H and O–H groups in total. The van der Waals surface area contributed by atoms with E-state index in [1.807, 2.05) is 0 Å². The van der Waals surface area contributed by atoms with Crippen LogP contribution < -0.4 is 4.52 Å². The van der Waals surface area contributed by atoms with Gasteiger partial charge in [-0.3, -0.25) is 9.79 Å². The van der Waals surface area contributed by atoms with Crippen molar-refractivity contribution in [1.82, 2.24) is 0 Å². The molecule has 6 heteroatoms. The quantitative estimate of drug-likeness (QED) is 0.639. The van der Waals surface area contributed by atoms with Gasteiger partial charge in [-0.1, -0.05) is 18.2 Å². The molecule has 0 atom stereocenters. The standard InChI is InChI=1S/C6H7O4P.CH3.La/c7-11(8,9)10-6-4-2-1-3-5-6;;/h1-5H,(H2,7,8,9);1H3;/q;-1;. The average molecular weight is 328 g/mol. The predicted octanol–water partition coefficient (Wildman–Crippen LogP) is 1.61. The van der Waals surface area contributed by atoms with Gasteiger partial charge in [0.15, 0.2) is 0 Å². The Kier molecular flexibility index (Phi) is 8.23. The van der Waals surface area contributed by atoms with Crippen LogP contribution in [0.15, 0.2) is 30.3 Å². The van der Waals surface area contributed by atoms with Crippen LogP contribution in [0.5, 0.6) is 5.75 Å². The third-order valence-corrected chi connectivity index (χ3v) is 1.42. The normalized spacial score (nSPS) is 9.38. The van der Waals surface area contributed by atoms with Gasteiger partial charge in [-0.05, 0) is 12.1 Å². The summed E-state index contributed by atoms with van der Waals surface area (Å²) in [6.07, 6.45) is 0. The van der Waals surface area contributed by atoms with Gasteiger partial charge in [0.25, 0.3) is 0 Å². The number of benzene rings is 1. The molecule has 0 aliphatic heterocycles. The molecule has 1 radical (unpaired) electrons. The predicted molar refractivity (Wildman–Crippen MR) is 45.5 cm³/mol. The summed E-state index contributed by atoms with van der Waals surface area (Å²) in [5.41, 5.74) is 0. The third-order valence-electron chi connectivity index (χ3n) is 0.968. The molecule has 1 aromatic carbocycles. The molecule has 1 rings (SSSR count). The number of hydrogen-bond acceptors (Lipinski definition) is 2. The molecular weight excluding hydrogens is 318 g/mol. The van der Waals surface area contributed by atoms with E-state index in [1.165, 1.54) is 12.1 Å². The van der Waals surface area contributed by atoms with Gasteiger partial charge in [-0.25, -0.2) is 4.57 Å². The van der Waals surface area contributed by atoms with Gasteiger partial charge in [-0.15, -0.1) is 0 Å². The fourth-order valence-corrected chi connectivity index (χ4v) is 1.02. The minimum Gasteiger partial charge on any atom is -0.404 e. The summed E-state index contributed by atoms with van der Waals surface area (Å²) in [6, 6.07) is 7.93. The molecule has 1 aromatic rings. The second-order valence-electron chi connectivity index (χ2n) is 1.89. The molecule has 0 saturated heterocycles. The van der Waals surface area contributed by atoms with E-state index in [0.29, 0.717) is 0 Å². The van der Waals surface area contributed by atoms with Crippen LogP contribution in [0.4, 0.5) is 0 Å². The van der Waals surface area contributed by atoms with Gasteiger partial charge >= 0.3 is 7.82 Å². The van der Waals surface area contributed by atoms with Crippen molar-refractivity contribution in [2.24, 2.45) is 0 Å². The molecule has 4 nitrogen and oxygen atoms in total. The Balaban J connectivity index is 0. The Morgan fingerprint density at radius 1 is 1.15 bits per heavy atom. The Morgan fingerprint density at radius 2 is 1.62 bits per heavy atom. The maximum atomic E-state index is 10.3. The molecule has 0 saturated carbocycles. The van der Waals surface area contributed by atoms with E-state index in [2.05, 4.69) is 4.52 Å². The molecule has 0 bridgehead atoms. The summed E-state index contributed by atoms with van der Waals surface area (Å²) in [5.74, 6) is 0.167. The number of para-hydroxylation sites is 1. The smallest absolute Gasteiger partial charge is 0.404 e. The van der Waals surface area contributed by atoms with Crippen molar-refractivity contribution >= 4 is 7.82 Å². The number of phosphoric ester groups is 1. The Bertz CT molecular complexity index is 271. The van der Waals surface area contributed by atoms with Crippen molar-refractivity contribution in [3.05, 3.63) is 37.8 Å². The van der Waals surface area contributed by atoms with E-state index < -0.39 is 7.82 Å². The summed E-state index contributed by atoms with van der Waals surface area (Å²) in [7, 11) is -4.39. The first kappa shape index (κ1) is 15.8. The average Bonchev–Trinajstić information content (AvgIpc) is 1.85. The van der Waals surface area contributed by atoms with Crippen LogP contribution in [0.2, 0.25) is 0 Å². The van der Waals surface area contributed by atoms with Crippen LogP contribution >= 0.6 is 7.82 Å². The fraction of sp³-hybridized carbons (Fsp3) is 0. The van der Waals surface area contributed by atoms with Crippen LogP contribution in [0.25, 0.3) is 0 Å². The van der Waals surface area contributed by atoms with Crippen molar-refractivity contribution in [2.75, 3.05) is 0 Å². The number of rotatable bonds is 2. The van der Waals surface area contributed by atoms with Crippen LogP contribution in [-0.2, 0) is 4.57 Å². The zero-order chi connectivity index (χ0) is 8.32. The van der Waals surface area contributed by atoms with Gasteiger partial charge < -0.3 is 12.0 Å². The molecule has 0 fully saturated rings. The van der Waals surface area contributed by atoms with E-state index in [-0.39, 0.29) is 48.8 Å². The van der Waals surface area contributed by atoms with E-state index in [1.54, 1.807) is 18.2 Å². The first-order valence-electron chi connectivity index (χ1n) is 2.88. The summed E-state index contributed by atoms with van der Waals surface area (Å²) in [5, 5.41) is 0. The maximum Gasteiger partial charge on any atom is 0.524 e. The second kappa shape index (κ2) is 6.76. The minimum absolute atomic E-state index is 0. The Morgan fingerprint density at radius 3 is 2.00 bits per heavy atom. The fourth-order valence-electron chi connectivity index (χ4n) is 0.619. The van der Waals surface area contributed by atoms with Crippen molar-refractivity contribution in [2.45, 2.75) is 0 Å². The van der Waals surface area contributed by atoms with Gasteiger partial charge in [0, 0.05) is 35.6 Å². The molecular formula is C7H10LaO4P-. The molecule has 13 heavy (non-hydrogen) atoms. The van der Waals surface area contributed by atoms with Crippen LogP contribution in [-0.4, -0.2) is 9.79 Å². The van der Waals surface area contributed by atoms with E-state index in [9.17, 15) is 4.57 Å².